The SMILES string of the molecule is CCC(C)(N)C(=O)CCCCCNC(C)(CC)C(=O)CCC(N)C(=O)O. The zero-order valence-electron chi connectivity index (χ0n) is 16.8. The van der Waals surface area contributed by atoms with Crippen molar-refractivity contribution < 1.29 is 19.5 Å². The van der Waals surface area contributed by atoms with Gasteiger partial charge in [-0.05, 0) is 52.5 Å². The van der Waals surface area contributed by atoms with Gasteiger partial charge in [0.05, 0.1) is 11.1 Å². The van der Waals surface area contributed by atoms with Gasteiger partial charge in [0.2, 0.25) is 0 Å². The maximum Gasteiger partial charge on any atom is 0.320 e. The Morgan fingerprint density at radius 3 is 2.12 bits per heavy atom. The molecule has 0 aromatic rings. The van der Waals surface area contributed by atoms with Gasteiger partial charge in [0.15, 0.2) is 11.6 Å². The van der Waals surface area contributed by atoms with E-state index in [1.807, 2.05) is 20.8 Å². The molecule has 0 spiro atoms. The van der Waals surface area contributed by atoms with Crippen LogP contribution in [0.25, 0.3) is 0 Å². The Kier molecular flexibility index (Phi) is 10.8. The van der Waals surface area contributed by atoms with E-state index in [2.05, 4.69) is 5.32 Å². The molecular formula is C19H37N3O4. The van der Waals surface area contributed by atoms with E-state index in [4.69, 9.17) is 16.6 Å². The second kappa shape index (κ2) is 11.4. The molecule has 0 aliphatic carbocycles. The van der Waals surface area contributed by atoms with Crippen LogP contribution in [0.1, 0.15) is 79.1 Å². The summed E-state index contributed by atoms with van der Waals surface area (Å²) in [6.07, 6.45) is 4.56. The van der Waals surface area contributed by atoms with Crippen molar-refractivity contribution in [1.82, 2.24) is 5.32 Å². The van der Waals surface area contributed by atoms with Crippen LogP contribution in [0.3, 0.4) is 0 Å². The molecule has 3 unspecified atom stereocenters. The smallest absolute Gasteiger partial charge is 0.320 e. The number of nitrogens with two attached hydrogens (primary N) is 2. The zero-order chi connectivity index (χ0) is 20.4. The lowest BCUT2D eigenvalue weighted by molar-refractivity contribution is -0.138. The van der Waals surface area contributed by atoms with Gasteiger partial charge in [-0.1, -0.05) is 20.3 Å². The van der Waals surface area contributed by atoms with E-state index in [9.17, 15) is 14.4 Å². The summed E-state index contributed by atoms with van der Waals surface area (Å²) in [6, 6.07) is -1.01. The standard InChI is InChI=1S/C19H37N3O4/c1-5-18(3,21)15(23)10-8-7-9-13-22-19(4,6-2)16(24)12-11-14(20)17(25)26/h14,22H,5-13,20-21H2,1-4H3,(H,25,26). The van der Waals surface area contributed by atoms with E-state index in [1.165, 1.54) is 0 Å². The number of carboxylic acids is 1. The molecule has 0 amide bonds. The zero-order valence-corrected chi connectivity index (χ0v) is 16.8. The third kappa shape index (κ3) is 8.38. The first-order valence-electron chi connectivity index (χ1n) is 9.59. The van der Waals surface area contributed by atoms with Gasteiger partial charge >= 0.3 is 5.97 Å². The van der Waals surface area contributed by atoms with E-state index >= 15 is 0 Å². The lowest BCUT2D eigenvalue weighted by Crippen LogP contribution is -2.49. The lowest BCUT2D eigenvalue weighted by Gasteiger charge is -2.28. The fourth-order valence-electron chi connectivity index (χ4n) is 2.54. The maximum absolute atomic E-state index is 12.4. The second-order valence-corrected chi connectivity index (χ2v) is 7.52. The number of nitrogens with one attached hydrogen (secondary N) is 1. The second-order valence-electron chi connectivity index (χ2n) is 7.52. The average molecular weight is 372 g/mol. The monoisotopic (exact) mass is 371 g/mol. The van der Waals surface area contributed by atoms with Crippen molar-refractivity contribution in [3.63, 3.8) is 0 Å². The normalized spacial score (nSPS) is 17.2. The van der Waals surface area contributed by atoms with Crippen LogP contribution in [0.2, 0.25) is 0 Å². The Hall–Kier alpha value is -1.31. The van der Waals surface area contributed by atoms with Crippen molar-refractivity contribution in [1.29, 1.82) is 0 Å². The van der Waals surface area contributed by atoms with E-state index in [1.54, 1.807) is 6.92 Å². The first-order chi connectivity index (χ1) is 12.0. The van der Waals surface area contributed by atoms with Crippen molar-refractivity contribution in [2.75, 3.05) is 6.54 Å². The number of hydrogen-bond donors (Lipinski definition) is 4. The third-order valence-corrected chi connectivity index (χ3v) is 5.29. The van der Waals surface area contributed by atoms with Crippen LogP contribution in [0, 0.1) is 0 Å². The topological polar surface area (TPSA) is 136 Å². The van der Waals surface area contributed by atoms with Gasteiger partial charge in [0.1, 0.15) is 6.04 Å². The van der Waals surface area contributed by atoms with E-state index < -0.39 is 23.1 Å². The number of aliphatic carboxylic acids is 1. The van der Waals surface area contributed by atoms with Crippen LogP contribution < -0.4 is 16.8 Å². The molecule has 7 nitrogen and oxygen atoms in total. The highest BCUT2D eigenvalue weighted by molar-refractivity contribution is 5.88. The maximum atomic E-state index is 12.4. The van der Waals surface area contributed by atoms with Crippen LogP contribution >= 0.6 is 0 Å². The number of carbonyl (C=O) groups excluding carboxylic acids is 2. The third-order valence-electron chi connectivity index (χ3n) is 5.29. The fourth-order valence-corrected chi connectivity index (χ4v) is 2.54. The minimum Gasteiger partial charge on any atom is -0.480 e. The van der Waals surface area contributed by atoms with Crippen molar-refractivity contribution in [3.05, 3.63) is 0 Å². The summed E-state index contributed by atoms with van der Waals surface area (Å²) in [4.78, 5) is 35.1. The summed E-state index contributed by atoms with van der Waals surface area (Å²) in [6.45, 7) is 8.11. The number of Topliss-reactive ketones (excluding diaryl/α,β-unsaturated/α-hetero) is 2. The first-order valence-corrected chi connectivity index (χ1v) is 9.59. The molecule has 0 rings (SSSR count). The van der Waals surface area contributed by atoms with Crippen LogP contribution in [0.5, 0.6) is 0 Å². The van der Waals surface area contributed by atoms with Gasteiger partial charge in [-0.3, -0.25) is 14.4 Å². The molecule has 6 N–H and O–H groups in total. The summed E-state index contributed by atoms with van der Waals surface area (Å²) in [7, 11) is 0. The van der Waals surface area contributed by atoms with Gasteiger partial charge in [0.25, 0.3) is 0 Å². The van der Waals surface area contributed by atoms with Crippen molar-refractivity contribution in [3.8, 4) is 0 Å². The van der Waals surface area contributed by atoms with Gasteiger partial charge in [0, 0.05) is 12.8 Å². The summed E-state index contributed by atoms with van der Waals surface area (Å²) in [5.74, 6) is -1.01. The molecule has 0 bridgehead atoms. The molecule has 0 radical (unpaired) electrons. The number of unbranched alkanes of at least 4 members (excludes halogenated alkanes) is 2. The molecule has 152 valence electrons. The molecule has 0 fully saturated rings. The van der Waals surface area contributed by atoms with Crippen molar-refractivity contribution in [2.24, 2.45) is 11.5 Å². The number of ketones is 2. The minimum atomic E-state index is -1.09. The van der Waals surface area contributed by atoms with Crippen LogP contribution in [-0.4, -0.2) is 46.3 Å². The summed E-state index contributed by atoms with van der Waals surface area (Å²) >= 11 is 0. The van der Waals surface area contributed by atoms with Gasteiger partial charge in [-0.2, -0.15) is 0 Å². The first kappa shape index (κ1) is 24.7. The Morgan fingerprint density at radius 1 is 1.00 bits per heavy atom. The number of hydrogen-bond acceptors (Lipinski definition) is 6. The van der Waals surface area contributed by atoms with Gasteiger partial charge < -0.3 is 21.9 Å². The molecule has 0 saturated carbocycles. The predicted octanol–water partition coefficient (Wildman–Crippen LogP) is 1.76. The highest BCUT2D eigenvalue weighted by Gasteiger charge is 2.30. The molecule has 0 aliphatic heterocycles. The molecule has 0 aliphatic rings. The summed E-state index contributed by atoms with van der Waals surface area (Å²) in [5.41, 5.74) is 9.98. The highest BCUT2D eigenvalue weighted by Crippen LogP contribution is 2.16. The highest BCUT2D eigenvalue weighted by atomic mass is 16.4. The Labute approximate surface area is 157 Å². The van der Waals surface area contributed by atoms with E-state index in [0.29, 0.717) is 25.8 Å². The van der Waals surface area contributed by atoms with Gasteiger partial charge in [-0.25, -0.2) is 0 Å². The van der Waals surface area contributed by atoms with E-state index in [-0.39, 0.29) is 24.4 Å². The van der Waals surface area contributed by atoms with E-state index in [0.717, 1.165) is 19.3 Å². The quantitative estimate of drug-likeness (QED) is 0.322. The molecule has 3 atom stereocenters. The number of carboxylic acid groups (broad SMARTS) is 1. The van der Waals surface area contributed by atoms with Crippen LogP contribution in [0.4, 0.5) is 0 Å². The lowest BCUT2D eigenvalue weighted by atomic mass is 9.89. The number of carbonyl (C=O) groups is 3. The van der Waals surface area contributed by atoms with Crippen molar-refractivity contribution >= 4 is 17.5 Å². The molecule has 0 heterocycles. The molecule has 0 saturated heterocycles. The molecule has 7 heteroatoms. The largest absolute Gasteiger partial charge is 0.480 e. The summed E-state index contributed by atoms with van der Waals surface area (Å²) < 4.78 is 0. The fraction of sp³-hybridized carbons (Fsp3) is 0.842. The van der Waals surface area contributed by atoms with Crippen LogP contribution in [-0.2, 0) is 14.4 Å². The van der Waals surface area contributed by atoms with Crippen LogP contribution in [0.15, 0.2) is 0 Å². The minimum absolute atomic E-state index is 0.0197. The average Bonchev–Trinajstić information content (AvgIpc) is 2.61. The molecule has 0 aromatic carbocycles. The molecule has 0 aromatic heterocycles. The van der Waals surface area contributed by atoms with Crippen molar-refractivity contribution in [2.45, 2.75) is 96.2 Å². The Morgan fingerprint density at radius 2 is 1.62 bits per heavy atom. The Balaban J connectivity index is 4.18. The Bertz CT molecular complexity index is 479. The summed E-state index contributed by atoms with van der Waals surface area (Å²) in [5, 5.41) is 12.1. The predicted molar refractivity (Wildman–Crippen MR) is 103 cm³/mol. The molecule has 26 heavy (non-hydrogen) atoms. The number of rotatable bonds is 15. The molecular weight excluding hydrogens is 334 g/mol. The van der Waals surface area contributed by atoms with Gasteiger partial charge in [-0.15, -0.1) is 0 Å².